The third kappa shape index (κ3) is 4.92. The lowest BCUT2D eigenvalue weighted by atomic mass is 10.0. The number of imidazole rings is 1. The zero-order chi connectivity index (χ0) is 20.1. The topological polar surface area (TPSA) is 64.0 Å². The number of nitrogens with zero attached hydrogens (tertiary/aromatic N) is 2. The molecule has 1 N–H and O–H groups in total. The molecule has 3 rings (SSSR count). The summed E-state index contributed by atoms with van der Waals surface area (Å²) in [5.41, 5.74) is 1.14. The van der Waals surface area contributed by atoms with Crippen LogP contribution in [0.5, 0.6) is 0 Å². The Morgan fingerprint density at radius 2 is 1.93 bits per heavy atom. The Balaban J connectivity index is 1.70. The van der Waals surface area contributed by atoms with Crippen LogP contribution in [-0.2, 0) is 11.8 Å². The van der Waals surface area contributed by atoms with E-state index in [1.165, 1.54) is 12.1 Å². The number of hydrogen-bond acceptors (Lipinski definition) is 3. The quantitative estimate of drug-likeness (QED) is 0.556. The van der Waals surface area contributed by atoms with E-state index in [-0.39, 0.29) is 24.5 Å². The molecule has 0 fully saturated rings. The number of benzene rings is 2. The Morgan fingerprint density at radius 1 is 1.18 bits per heavy atom. The summed E-state index contributed by atoms with van der Waals surface area (Å²) < 4.78 is 16.3. The SMILES string of the molecule is Cn1ccnc1[C@H](NC(=O)CCC(=O)c1ccc(Br)cc1)c1cccc(F)c1. The minimum absolute atomic E-state index is 0.0329. The number of amides is 1. The van der Waals surface area contributed by atoms with Crippen LogP contribution in [0.1, 0.15) is 40.6 Å². The van der Waals surface area contributed by atoms with Crippen molar-refractivity contribution in [1.82, 2.24) is 14.9 Å². The van der Waals surface area contributed by atoms with E-state index >= 15 is 0 Å². The van der Waals surface area contributed by atoms with Gasteiger partial charge in [-0.1, -0.05) is 40.2 Å². The van der Waals surface area contributed by atoms with Gasteiger partial charge in [0, 0.05) is 42.3 Å². The Labute approximate surface area is 170 Å². The second-order valence-electron chi connectivity index (χ2n) is 6.38. The second kappa shape index (κ2) is 8.93. The molecule has 0 bridgehead atoms. The molecule has 7 heteroatoms. The van der Waals surface area contributed by atoms with E-state index in [0.717, 1.165) is 4.47 Å². The molecular weight excluding hydrogens is 425 g/mol. The monoisotopic (exact) mass is 443 g/mol. The van der Waals surface area contributed by atoms with Gasteiger partial charge in [-0.25, -0.2) is 9.37 Å². The Bertz CT molecular complexity index is 985. The highest BCUT2D eigenvalue weighted by Gasteiger charge is 2.21. The van der Waals surface area contributed by atoms with Crippen LogP contribution in [0.3, 0.4) is 0 Å². The molecular formula is C21H19BrFN3O2. The van der Waals surface area contributed by atoms with Crippen LogP contribution in [0.4, 0.5) is 4.39 Å². The lowest BCUT2D eigenvalue weighted by Crippen LogP contribution is -2.31. The Kier molecular flexibility index (Phi) is 6.36. The van der Waals surface area contributed by atoms with Gasteiger partial charge in [0.1, 0.15) is 17.7 Å². The predicted molar refractivity (Wildman–Crippen MR) is 107 cm³/mol. The van der Waals surface area contributed by atoms with Crippen LogP contribution < -0.4 is 5.32 Å². The third-order valence-corrected chi connectivity index (χ3v) is 4.88. The van der Waals surface area contributed by atoms with Crippen molar-refractivity contribution in [2.24, 2.45) is 7.05 Å². The zero-order valence-electron chi connectivity index (χ0n) is 15.2. The maximum absolute atomic E-state index is 13.7. The van der Waals surface area contributed by atoms with Gasteiger partial charge >= 0.3 is 0 Å². The molecule has 1 atom stereocenters. The van der Waals surface area contributed by atoms with Crippen molar-refractivity contribution in [1.29, 1.82) is 0 Å². The fourth-order valence-corrected chi connectivity index (χ4v) is 3.14. The number of halogens is 2. The third-order valence-electron chi connectivity index (χ3n) is 4.35. The van der Waals surface area contributed by atoms with Crippen LogP contribution in [0.2, 0.25) is 0 Å². The van der Waals surface area contributed by atoms with E-state index < -0.39 is 11.9 Å². The fourth-order valence-electron chi connectivity index (χ4n) is 2.88. The molecule has 5 nitrogen and oxygen atoms in total. The molecule has 0 radical (unpaired) electrons. The number of aryl methyl sites for hydroxylation is 1. The summed E-state index contributed by atoms with van der Waals surface area (Å²) in [6.45, 7) is 0. The Morgan fingerprint density at radius 3 is 2.57 bits per heavy atom. The van der Waals surface area contributed by atoms with Crippen molar-refractivity contribution in [3.8, 4) is 0 Å². The summed E-state index contributed by atoms with van der Waals surface area (Å²) in [6, 6.07) is 12.4. The molecule has 1 amide bonds. The van der Waals surface area contributed by atoms with Gasteiger partial charge in [0.05, 0.1) is 0 Å². The van der Waals surface area contributed by atoms with Gasteiger partial charge in [0.2, 0.25) is 5.91 Å². The van der Waals surface area contributed by atoms with Crippen molar-refractivity contribution in [3.05, 3.63) is 88.2 Å². The summed E-state index contributed by atoms with van der Waals surface area (Å²) in [6.07, 6.45) is 3.49. The van der Waals surface area contributed by atoms with Crippen molar-refractivity contribution in [3.63, 3.8) is 0 Å². The number of carbonyl (C=O) groups excluding carboxylic acids is 2. The van der Waals surface area contributed by atoms with Gasteiger partial charge in [0.25, 0.3) is 0 Å². The maximum atomic E-state index is 13.7. The summed E-state index contributed by atoms with van der Waals surface area (Å²) in [5.74, 6) is -0.223. The van der Waals surface area contributed by atoms with Crippen molar-refractivity contribution < 1.29 is 14.0 Å². The first-order chi connectivity index (χ1) is 13.4. The van der Waals surface area contributed by atoms with E-state index in [1.54, 1.807) is 60.4 Å². The number of nitrogens with one attached hydrogen (secondary N) is 1. The number of aromatic nitrogens is 2. The molecule has 28 heavy (non-hydrogen) atoms. The van der Waals surface area contributed by atoms with Crippen molar-refractivity contribution >= 4 is 27.6 Å². The van der Waals surface area contributed by atoms with E-state index in [9.17, 15) is 14.0 Å². The number of carbonyl (C=O) groups is 2. The molecule has 0 unspecified atom stereocenters. The molecule has 0 aliphatic rings. The lowest BCUT2D eigenvalue weighted by Gasteiger charge is -2.19. The number of rotatable bonds is 7. The highest BCUT2D eigenvalue weighted by molar-refractivity contribution is 9.10. The highest BCUT2D eigenvalue weighted by atomic mass is 79.9. The second-order valence-corrected chi connectivity index (χ2v) is 7.30. The van der Waals surface area contributed by atoms with Gasteiger partial charge in [-0.15, -0.1) is 0 Å². The lowest BCUT2D eigenvalue weighted by molar-refractivity contribution is -0.121. The fraction of sp³-hybridized carbons (Fsp3) is 0.190. The van der Waals surface area contributed by atoms with Gasteiger partial charge < -0.3 is 9.88 Å². The molecule has 1 heterocycles. The number of Topliss-reactive ketones (excluding diaryl/α,β-unsaturated/α-hetero) is 1. The van der Waals surface area contributed by atoms with Gasteiger partial charge in [-0.2, -0.15) is 0 Å². The van der Waals surface area contributed by atoms with Gasteiger partial charge in [0.15, 0.2) is 5.78 Å². The molecule has 3 aromatic rings. The molecule has 0 saturated carbocycles. The first-order valence-electron chi connectivity index (χ1n) is 8.75. The molecule has 0 aliphatic carbocycles. The van der Waals surface area contributed by atoms with E-state index in [1.807, 2.05) is 0 Å². The van der Waals surface area contributed by atoms with Gasteiger partial charge in [-0.3, -0.25) is 9.59 Å². The minimum Gasteiger partial charge on any atom is -0.342 e. The number of ketones is 1. The van der Waals surface area contributed by atoms with Crippen LogP contribution in [0.15, 0.2) is 65.4 Å². The van der Waals surface area contributed by atoms with Crippen LogP contribution in [-0.4, -0.2) is 21.2 Å². The maximum Gasteiger partial charge on any atom is 0.221 e. The molecule has 1 aromatic heterocycles. The minimum atomic E-state index is -0.606. The average molecular weight is 444 g/mol. The summed E-state index contributed by atoms with van der Waals surface area (Å²) >= 11 is 3.33. The molecule has 2 aromatic carbocycles. The molecule has 144 valence electrons. The normalized spacial score (nSPS) is 11.8. The number of hydrogen-bond donors (Lipinski definition) is 1. The van der Waals surface area contributed by atoms with Crippen molar-refractivity contribution in [2.75, 3.05) is 0 Å². The largest absolute Gasteiger partial charge is 0.342 e. The smallest absolute Gasteiger partial charge is 0.221 e. The highest BCUT2D eigenvalue weighted by Crippen LogP contribution is 2.21. The standard InChI is InChI=1S/C21H19BrFN3O2/c1-26-12-11-24-21(26)20(15-3-2-4-17(23)13-15)25-19(28)10-9-18(27)14-5-7-16(22)8-6-14/h2-8,11-13,20H,9-10H2,1H3,(H,25,28)/t20-/m1/s1. The van der Waals surface area contributed by atoms with E-state index in [2.05, 4.69) is 26.2 Å². The van der Waals surface area contributed by atoms with Crippen LogP contribution in [0, 0.1) is 5.82 Å². The summed E-state index contributed by atoms with van der Waals surface area (Å²) in [5, 5.41) is 2.87. The Hall–Kier alpha value is -2.80. The van der Waals surface area contributed by atoms with E-state index in [4.69, 9.17) is 0 Å². The average Bonchev–Trinajstić information content (AvgIpc) is 3.10. The first kappa shape index (κ1) is 19.9. The predicted octanol–water partition coefficient (Wildman–Crippen LogP) is 4.19. The summed E-state index contributed by atoms with van der Waals surface area (Å²) in [4.78, 5) is 29.1. The van der Waals surface area contributed by atoms with Crippen molar-refractivity contribution in [2.45, 2.75) is 18.9 Å². The van der Waals surface area contributed by atoms with Crippen LogP contribution >= 0.6 is 15.9 Å². The summed E-state index contributed by atoms with van der Waals surface area (Å²) in [7, 11) is 1.80. The first-order valence-corrected chi connectivity index (χ1v) is 9.54. The van der Waals surface area contributed by atoms with Crippen LogP contribution in [0.25, 0.3) is 0 Å². The molecule has 0 spiro atoms. The molecule has 0 aliphatic heterocycles. The van der Waals surface area contributed by atoms with E-state index in [0.29, 0.717) is 17.0 Å². The van der Waals surface area contributed by atoms with Gasteiger partial charge in [-0.05, 0) is 29.8 Å². The zero-order valence-corrected chi connectivity index (χ0v) is 16.8. The molecule has 0 saturated heterocycles.